The van der Waals surface area contributed by atoms with E-state index >= 15 is 0 Å². The lowest BCUT2D eigenvalue weighted by Gasteiger charge is -2.23. The minimum atomic E-state index is 0.296. The van der Waals surface area contributed by atoms with Gasteiger partial charge in [-0.3, -0.25) is 16.0 Å². The van der Waals surface area contributed by atoms with E-state index in [9.17, 15) is 0 Å². The van der Waals surface area contributed by atoms with Gasteiger partial charge in [-0.1, -0.05) is 33.6 Å². The van der Waals surface area contributed by atoms with Crippen LogP contribution >= 0.6 is 15.9 Å². The molecule has 4 nitrogen and oxygen atoms in total. The first-order valence-corrected chi connectivity index (χ1v) is 8.58. The van der Waals surface area contributed by atoms with Gasteiger partial charge in [0.05, 0.1) is 15.9 Å². The highest BCUT2D eigenvalue weighted by Gasteiger charge is 2.21. The summed E-state index contributed by atoms with van der Waals surface area (Å²) in [4.78, 5) is 0. The van der Waals surface area contributed by atoms with E-state index in [0.717, 1.165) is 29.6 Å². The van der Waals surface area contributed by atoms with Crippen LogP contribution in [0, 0.1) is 5.92 Å². The Labute approximate surface area is 131 Å². The summed E-state index contributed by atoms with van der Waals surface area (Å²) in [7, 11) is 0. The lowest BCUT2D eigenvalue weighted by Crippen LogP contribution is -2.42. The summed E-state index contributed by atoms with van der Waals surface area (Å²) in [5, 5.41) is 4.66. The predicted octanol–water partition coefficient (Wildman–Crippen LogP) is 3.43. The quantitative estimate of drug-likeness (QED) is 0.533. The van der Waals surface area contributed by atoms with Gasteiger partial charge in [-0.2, -0.15) is 5.10 Å². The van der Waals surface area contributed by atoms with Crippen LogP contribution in [0.2, 0.25) is 0 Å². The zero-order chi connectivity index (χ0) is 15.1. The fourth-order valence-corrected chi connectivity index (χ4v) is 3.30. The van der Waals surface area contributed by atoms with Gasteiger partial charge in [0.1, 0.15) is 0 Å². The number of nitrogens with zero attached hydrogens (tertiary/aromatic N) is 2. The highest BCUT2D eigenvalue weighted by Crippen LogP contribution is 2.25. The molecule has 1 aromatic heterocycles. The van der Waals surface area contributed by atoms with Crippen molar-refractivity contribution < 1.29 is 0 Å². The highest BCUT2D eigenvalue weighted by molar-refractivity contribution is 9.10. The maximum absolute atomic E-state index is 5.78. The Morgan fingerprint density at radius 1 is 1.35 bits per heavy atom. The normalized spacial score (nSPS) is 14.5. The highest BCUT2D eigenvalue weighted by atomic mass is 79.9. The summed E-state index contributed by atoms with van der Waals surface area (Å²) in [6.45, 7) is 9.68. The molecule has 0 radical (unpaired) electrons. The summed E-state index contributed by atoms with van der Waals surface area (Å²) in [5.74, 6) is 6.35. The van der Waals surface area contributed by atoms with Crippen molar-refractivity contribution in [1.82, 2.24) is 15.2 Å². The van der Waals surface area contributed by atoms with Gasteiger partial charge < -0.3 is 0 Å². The van der Waals surface area contributed by atoms with Crippen molar-refractivity contribution in [3.8, 4) is 0 Å². The molecular weight excluding hydrogens is 316 g/mol. The Balaban J connectivity index is 2.86. The smallest absolute Gasteiger partial charge is 0.0766 e. The maximum Gasteiger partial charge on any atom is 0.0766 e. The van der Waals surface area contributed by atoms with Crippen molar-refractivity contribution in [3.63, 3.8) is 0 Å². The van der Waals surface area contributed by atoms with Crippen LogP contribution in [-0.2, 0) is 19.4 Å². The SMILES string of the molecule is CCCCC(C)C(Cc1c(Br)c(CC)nn1CC)NN. The van der Waals surface area contributed by atoms with E-state index < -0.39 is 0 Å². The van der Waals surface area contributed by atoms with Crippen LogP contribution in [0.1, 0.15) is 58.3 Å². The van der Waals surface area contributed by atoms with E-state index in [-0.39, 0.29) is 0 Å². The molecule has 0 aliphatic heterocycles. The number of halogens is 1. The molecule has 2 atom stereocenters. The van der Waals surface area contributed by atoms with Gasteiger partial charge in [0.25, 0.3) is 0 Å². The van der Waals surface area contributed by atoms with Gasteiger partial charge >= 0.3 is 0 Å². The van der Waals surface area contributed by atoms with Gasteiger partial charge in [-0.15, -0.1) is 0 Å². The minimum absolute atomic E-state index is 0.296. The largest absolute Gasteiger partial charge is 0.271 e. The van der Waals surface area contributed by atoms with Gasteiger partial charge in [-0.25, -0.2) is 0 Å². The van der Waals surface area contributed by atoms with Crippen LogP contribution in [-0.4, -0.2) is 15.8 Å². The zero-order valence-electron chi connectivity index (χ0n) is 13.2. The number of hydrogen-bond donors (Lipinski definition) is 2. The molecule has 2 unspecified atom stereocenters. The molecule has 0 fully saturated rings. The van der Waals surface area contributed by atoms with Crippen LogP contribution in [0.25, 0.3) is 0 Å². The van der Waals surface area contributed by atoms with Crippen molar-refractivity contribution in [1.29, 1.82) is 0 Å². The molecule has 1 heterocycles. The number of nitrogens with one attached hydrogen (secondary N) is 1. The average molecular weight is 345 g/mol. The van der Waals surface area contributed by atoms with Crippen molar-refractivity contribution in [2.75, 3.05) is 0 Å². The molecule has 20 heavy (non-hydrogen) atoms. The van der Waals surface area contributed by atoms with Crippen molar-refractivity contribution in [3.05, 3.63) is 15.9 Å². The Hall–Kier alpha value is -0.390. The molecule has 3 N–H and O–H groups in total. The molecule has 0 aliphatic rings. The van der Waals surface area contributed by atoms with Crippen LogP contribution in [0.4, 0.5) is 0 Å². The molecule has 0 spiro atoms. The molecular formula is C15H29BrN4. The number of aryl methyl sites for hydroxylation is 2. The third-order valence-electron chi connectivity index (χ3n) is 4.02. The van der Waals surface area contributed by atoms with Gasteiger partial charge in [-0.05, 0) is 41.6 Å². The van der Waals surface area contributed by atoms with E-state index in [0.29, 0.717) is 12.0 Å². The molecule has 1 aromatic rings. The van der Waals surface area contributed by atoms with Crippen molar-refractivity contribution >= 4 is 15.9 Å². The monoisotopic (exact) mass is 344 g/mol. The molecule has 0 aliphatic carbocycles. The van der Waals surface area contributed by atoms with Crippen LogP contribution in [0.5, 0.6) is 0 Å². The van der Waals surface area contributed by atoms with E-state index in [2.05, 4.69) is 58.8 Å². The lowest BCUT2D eigenvalue weighted by molar-refractivity contribution is 0.344. The molecule has 0 bridgehead atoms. The molecule has 0 amide bonds. The first kappa shape index (κ1) is 17.7. The Bertz CT molecular complexity index is 403. The fourth-order valence-electron chi connectivity index (χ4n) is 2.57. The number of aromatic nitrogens is 2. The second-order valence-corrected chi connectivity index (χ2v) is 6.27. The van der Waals surface area contributed by atoms with E-state index in [1.165, 1.54) is 25.0 Å². The Kier molecular flexibility index (Phi) is 7.77. The van der Waals surface area contributed by atoms with Crippen molar-refractivity contribution in [2.24, 2.45) is 11.8 Å². The molecule has 116 valence electrons. The van der Waals surface area contributed by atoms with Gasteiger partial charge in [0.15, 0.2) is 0 Å². The van der Waals surface area contributed by atoms with Crippen LogP contribution in [0.15, 0.2) is 4.47 Å². The summed E-state index contributed by atoms with van der Waals surface area (Å²) >= 11 is 3.71. The molecule has 0 saturated heterocycles. The first-order chi connectivity index (χ1) is 9.58. The molecule has 5 heteroatoms. The number of unbranched alkanes of at least 4 members (excludes halogenated alkanes) is 1. The predicted molar refractivity (Wildman–Crippen MR) is 88.5 cm³/mol. The number of rotatable bonds is 9. The summed E-state index contributed by atoms with van der Waals surface area (Å²) in [6, 6.07) is 0.296. The van der Waals surface area contributed by atoms with Crippen LogP contribution < -0.4 is 11.3 Å². The molecule has 1 rings (SSSR count). The third kappa shape index (κ3) is 4.30. The summed E-state index contributed by atoms with van der Waals surface area (Å²) in [5.41, 5.74) is 5.40. The van der Waals surface area contributed by atoms with Crippen molar-refractivity contribution in [2.45, 2.75) is 72.4 Å². The first-order valence-electron chi connectivity index (χ1n) is 7.79. The van der Waals surface area contributed by atoms with E-state index in [1.54, 1.807) is 0 Å². The number of nitrogens with two attached hydrogens (primary N) is 1. The number of hydrogen-bond acceptors (Lipinski definition) is 3. The van der Waals surface area contributed by atoms with E-state index in [4.69, 9.17) is 5.84 Å². The van der Waals surface area contributed by atoms with Gasteiger partial charge in [0.2, 0.25) is 0 Å². The second-order valence-electron chi connectivity index (χ2n) is 5.47. The zero-order valence-corrected chi connectivity index (χ0v) is 14.8. The Morgan fingerprint density at radius 3 is 2.55 bits per heavy atom. The molecule has 0 aromatic carbocycles. The lowest BCUT2D eigenvalue weighted by atomic mass is 9.93. The average Bonchev–Trinajstić information content (AvgIpc) is 2.77. The topological polar surface area (TPSA) is 55.9 Å². The van der Waals surface area contributed by atoms with Gasteiger partial charge in [0, 0.05) is 19.0 Å². The van der Waals surface area contributed by atoms with Crippen LogP contribution in [0.3, 0.4) is 0 Å². The maximum atomic E-state index is 5.78. The number of hydrazine groups is 1. The summed E-state index contributed by atoms with van der Waals surface area (Å²) < 4.78 is 3.25. The van der Waals surface area contributed by atoms with E-state index in [1.807, 2.05) is 0 Å². The third-order valence-corrected chi connectivity index (χ3v) is 4.94. The second kappa shape index (κ2) is 8.80. The Morgan fingerprint density at radius 2 is 2.05 bits per heavy atom. The standard InChI is InChI=1S/C15H29BrN4/c1-5-8-9-11(4)13(18-17)10-14-15(16)12(6-2)19-20(14)7-3/h11,13,18H,5-10,17H2,1-4H3. The fraction of sp³-hybridized carbons (Fsp3) is 0.800. The molecule has 0 saturated carbocycles. The summed E-state index contributed by atoms with van der Waals surface area (Å²) in [6.07, 6.45) is 5.57. The minimum Gasteiger partial charge on any atom is -0.271 e.